The maximum Gasteiger partial charge on any atom is 0.118 e. The van der Waals surface area contributed by atoms with Gasteiger partial charge in [0.05, 0.1) is 6.54 Å². The molecule has 0 spiro atoms. The molecule has 1 N–H and O–H groups in total. The molecule has 1 fully saturated rings. The Labute approximate surface area is 130 Å². The van der Waals surface area contributed by atoms with Gasteiger partial charge in [0.15, 0.2) is 0 Å². The van der Waals surface area contributed by atoms with E-state index in [2.05, 4.69) is 34.7 Å². The molecule has 112 valence electrons. The molecule has 1 saturated carbocycles. The molecule has 0 unspecified atom stereocenters. The molecule has 21 heavy (non-hydrogen) atoms. The van der Waals surface area contributed by atoms with Gasteiger partial charge < -0.3 is 9.73 Å². The van der Waals surface area contributed by atoms with Gasteiger partial charge in [0.1, 0.15) is 11.5 Å². The quantitative estimate of drug-likeness (QED) is 0.917. The maximum atomic E-state index is 5.96. The predicted octanol–water partition coefficient (Wildman–Crippen LogP) is 3.46. The van der Waals surface area contributed by atoms with E-state index >= 15 is 0 Å². The average molecular weight is 302 g/mol. The van der Waals surface area contributed by atoms with E-state index in [1.54, 1.807) is 4.88 Å². The molecule has 0 saturated heterocycles. The van der Waals surface area contributed by atoms with E-state index in [9.17, 15) is 0 Å². The van der Waals surface area contributed by atoms with Gasteiger partial charge in [-0.05, 0) is 49.3 Å². The normalized spacial score (nSPS) is 18.9. The van der Waals surface area contributed by atoms with E-state index in [-0.39, 0.29) is 0 Å². The fourth-order valence-electron chi connectivity index (χ4n) is 3.05. The van der Waals surface area contributed by atoms with Gasteiger partial charge in [-0.25, -0.2) is 0 Å². The van der Waals surface area contributed by atoms with Crippen LogP contribution in [0.2, 0.25) is 0 Å². The average Bonchev–Trinajstić information content (AvgIpc) is 3.07. The van der Waals surface area contributed by atoms with Crippen LogP contribution in [0.1, 0.15) is 40.4 Å². The van der Waals surface area contributed by atoms with Crippen LogP contribution in [0.5, 0.6) is 0 Å². The van der Waals surface area contributed by atoms with Gasteiger partial charge in [-0.2, -0.15) is 0 Å². The Morgan fingerprint density at radius 3 is 3.19 bits per heavy atom. The zero-order chi connectivity index (χ0) is 14.2. The van der Waals surface area contributed by atoms with Crippen LogP contribution in [0.25, 0.3) is 0 Å². The maximum absolute atomic E-state index is 5.96. The van der Waals surface area contributed by atoms with E-state index < -0.39 is 0 Å². The molecule has 0 aromatic carbocycles. The third kappa shape index (κ3) is 3.07. The first-order valence-electron chi connectivity index (χ1n) is 7.87. The highest BCUT2D eigenvalue weighted by molar-refractivity contribution is 7.10. The second-order valence-corrected chi connectivity index (χ2v) is 7.28. The molecule has 0 amide bonds. The number of hydrogen-bond donors (Lipinski definition) is 1. The van der Waals surface area contributed by atoms with Crippen LogP contribution in [0, 0.1) is 6.92 Å². The van der Waals surface area contributed by atoms with Crippen molar-refractivity contribution in [3.8, 4) is 0 Å². The molecular formula is C17H22N2OS. The third-order valence-corrected chi connectivity index (χ3v) is 5.52. The van der Waals surface area contributed by atoms with Gasteiger partial charge in [0.2, 0.25) is 0 Å². The topological polar surface area (TPSA) is 28.4 Å². The lowest BCUT2D eigenvalue weighted by atomic mass is 10.1. The zero-order valence-corrected chi connectivity index (χ0v) is 13.3. The number of rotatable bonds is 5. The number of nitrogens with one attached hydrogen (secondary N) is 1. The fourth-order valence-corrected chi connectivity index (χ4v) is 3.93. The molecule has 1 aliphatic carbocycles. The molecule has 4 rings (SSSR count). The SMILES string of the molecule is Cc1oc(CN2CCc3sccc3C2)cc1CNC1CC1. The van der Waals surface area contributed by atoms with Crippen LogP contribution in [-0.2, 0) is 26.1 Å². The summed E-state index contributed by atoms with van der Waals surface area (Å²) in [6, 6.07) is 5.26. The summed E-state index contributed by atoms with van der Waals surface area (Å²) < 4.78 is 5.96. The van der Waals surface area contributed by atoms with Crippen molar-refractivity contribution in [2.24, 2.45) is 0 Å². The second-order valence-electron chi connectivity index (χ2n) is 6.28. The minimum absolute atomic E-state index is 0.752. The minimum atomic E-state index is 0.752. The standard InChI is InChI=1S/C17H22N2OS/c1-12-14(9-18-15-2-3-15)8-16(20-12)11-19-6-4-17-13(10-19)5-7-21-17/h5,7-8,15,18H,2-4,6,9-11H2,1H3. The molecule has 0 atom stereocenters. The van der Waals surface area contributed by atoms with E-state index in [0.717, 1.165) is 43.7 Å². The monoisotopic (exact) mass is 302 g/mol. The molecule has 1 aliphatic heterocycles. The number of hydrogen-bond acceptors (Lipinski definition) is 4. The number of nitrogens with zero attached hydrogens (tertiary/aromatic N) is 1. The summed E-state index contributed by atoms with van der Waals surface area (Å²) >= 11 is 1.90. The first-order valence-corrected chi connectivity index (χ1v) is 8.75. The van der Waals surface area contributed by atoms with Crippen LogP contribution in [0.15, 0.2) is 21.9 Å². The summed E-state index contributed by atoms with van der Waals surface area (Å²) in [6.07, 6.45) is 3.85. The van der Waals surface area contributed by atoms with E-state index in [1.807, 2.05) is 11.3 Å². The second kappa shape index (κ2) is 5.59. The lowest BCUT2D eigenvalue weighted by Gasteiger charge is -2.25. The van der Waals surface area contributed by atoms with Crippen LogP contribution in [0.3, 0.4) is 0 Å². The Balaban J connectivity index is 1.39. The smallest absolute Gasteiger partial charge is 0.118 e. The van der Waals surface area contributed by atoms with Crippen LogP contribution in [0.4, 0.5) is 0 Å². The summed E-state index contributed by atoms with van der Waals surface area (Å²) in [5, 5.41) is 5.78. The molecule has 3 nitrogen and oxygen atoms in total. The largest absolute Gasteiger partial charge is 0.465 e. The highest BCUT2D eigenvalue weighted by atomic mass is 32.1. The highest BCUT2D eigenvalue weighted by Crippen LogP contribution is 2.26. The molecule has 2 aromatic rings. The van der Waals surface area contributed by atoms with Crippen molar-refractivity contribution in [1.29, 1.82) is 0 Å². The molecular weight excluding hydrogens is 280 g/mol. The van der Waals surface area contributed by atoms with Crippen LogP contribution >= 0.6 is 11.3 Å². The number of thiophene rings is 1. The van der Waals surface area contributed by atoms with Crippen molar-refractivity contribution in [2.75, 3.05) is 6.54 Å². The predicted molar refractivity (Wildman–Crippen MR) is 85.4 cm³/mol. The summed E-state index contributed by atoms with van der Waals surface area (Å²) in [5.41, 5.74) is 2.83. The summed E-state index contributed by atoms with van der Waals surface area (Å²) in [5.74, 6) is 2.19. The summed E-state index contributed by atoms with van der Waals surface area (Å²) in [7, 11) is 0. The third-order valence-electron chi connectivity index (χ3n) is 4.50. The molecule has 0 bridgehead atoms. The van der Waals surface area contributed by atoms with Gasteiger partial charge >= 0.3 is 0 Å². The highest BCUT2D eigenvalue weighted by Gasteiger charge is 2.22. The van der Waals surface area contributed by atoms with Gasteiger partial charge in [0.25, 0.3) is 0 Å². The van der Waals surface area contributed by atoms with E-state index in [4.69, 9.17) is 4.42 Å². The fraction of sp³-hybridized carbons (Fsp3) is 0.529. The Morgan fingerprint density at radius 2 is 2.33 bits per heavy atom. The first kappa shape index (κ1) is 13.6. The Morgan fingerprint density at radius 1 is 1.43 bits per heavy atom. The van der Waals surface area contributed by atoms with Crippen molar-refractivity contribution in [3.63, 3.8) is 0 Å². The van der Waals surface area contributed by atoms with Gasteiger partial charge in [-0.15, -0.1) is 11.3 Å². The van der Waals surface area contributed by atoms with Crippen LogP contribution in [-0.4, -0.2) is 17.5 Å². The Bertz CT molecular complexity index is 627. The van der Waals surface area contributed by atoms with E-state index in [0.29, 0.717) is 0 Å². The molecule has 0 radical (unpaired) electrons. The van der Waals surface area contributed by atoms with Crippen LogP contribution < -0.4 is 5.32 Å². The van der Waals surface area contributed by atoms with Gasteiger partial charge in [-0.1, -0.05) is 0 Å². The number of aryl methyl sites for hydroxylation is 1. The lowest BCUT2D eigenvalue weighted by molar-refractivity contribution is 0.226. The van der Waals surface area contributed by atoms with Crippen molar-refractivity contribution >= 4 is 11.3 Å². The van der Waals surface area contributed by atoms with Crippen molar-refractivity contribution in [2.45, 2.75) is 51.9 Å². The Hall–Kier alpha value is -1.10. The molecule has 2 aliphatic rings. The Kier molecular flexibility index (Phi) is 3.61. The summed E-state index contributed by atoms with van der Waals surface area (Å²) in [6.45, 7) is 6.17. The van der Waals surface area contributed by atoms with Gasteiger partial charge in [-0.3, -0.25) is 4.90 Å². The molecule has 3 heterocycles. The number of fused-ring (bicyclic) bond motifs is 1. The summed E-state index contributed by atoms with van der Waals surface area (Å²) in [4.78, 5) is 4.06. The minimum Gasteiger partial charge on any atom is -0.465 e. The van der Waals surface area contributed by atoms with Crippen molar-refractivity contribution in [3.05, 3.63) is 45.0 Å². The number of furan rings is 1. The van der Waals surface area contributed by atoms with Crippen molar-refractivity contribution in [1.82, 2.24) is 10.2 Å². The first-order chi connectivity index (χ1) is 10.3. The molecule has 2 aromatic heterocycles. The van der Waals surface area contributed by atoms with Crippen molar-refractivity contribution < 1.29 is 4.42 Å². The zero-order valence-electron chi connectivity index (χ0n) is 12.5. The van der Waals surface area contributed by atoms with E-state index in [1.165, 1.54) is 30.4 Å². The van der Waals surface area contributed by atoms with Gasteiger partial charge in [0, 0.05) is 36.1 Å². The lowest BCUT2D eigenvalue weighted by Crippen LogP contribution is -2.28. The molecule has 4 heteroatoms.